The zero-order chi connectivity index (χ0) is 24.5. The van der Waals surface area contributed by atoms with Crippen LogP contribution >= 0.6 is 0 Å². The summed E-state index contributed by atoms with van der Waals surface area (Å²) in [5.74, 6) is 0.677. The van der Waals surface area contributed by atoms with Gasteiger partial charge < -0.3 is 10.1 Å². The molecule has 1 aromatic heterocycles. The summed E-state index contributed by atoms with van der Waals surface area (Å²) in [5, 5.41) is 7.44. The van der Waals surface area contributed by atoms with Gasteiger partial charge in [0.2, 0.25) is 5.91 Å². The topological polar surface area (TPSA) is 73.2 Å². The largest absolute Gasteiger partial charge is 0.494 e. The van der Waals surface area contributed by atoms with Crippen molar-refractivity contribution in [2.75, 3.05) is 13.2 Å². The van der Waals surface area contributed by atoms with Crippen molar-refractivity contribution >= 4 is 5.91 Å². The Morgan fingerprint density at radius 3 is 2.11 bits per heavy atom. The fraction of sp³-hybridized carbons (Fsp3) is 0.207. The van der Waals surface area contributed by atoms with Crippen LogP contribution in [0.25, 0.3) is 11.3 Å². The minimum atomic E-state index is -0.208. The minimum Gasteiger partial charge on any atom is -0.494 e. The highest BCUT2D eigenvalue weighted by Gasteiger charge is 2.18. The van der Waals surface area contributed by atoms with E-state index < -0.39 is 0 Å². The van der Waals surface area contributed by atoms with Crippen molar-refractivity contribution in [1.29, 1.82) is 0 Å². The molecule has 0 aliphatic carbocycles. The number of rotatable bonds is 10. The lowest BCUT2D eigenvalue weighted by Crippen LogP contribution is -2.32. The van der Waals surface area contributed by atoms with Gasteiger partial charge in [0, 0.05) is 30.5 Å². The molecular formula is C29H29N3O3. The Hall–Kier alpha value is -4.19. The summed E-state index contributed by atoms with van der Waals surface area (Å²) in [6.07, 6.45) is 0.322. The predicted molar refractivity (Wildman–Crippen MR) is 137 cm³/mol. The number of amides is 1. The van der Waals surface area contributed by atoms with Crippen LogP contribution in [0.15, 0.2) is 102 Å². The molecule has 0 fully saturated rings. The molecule has 0 spiro atoms. The Balaban J connectivity index is 1.39. The number of ether oxygens (including phenoxy) is 1. The highest BCUT2D eigenvalue weighted by Crippen LogP contribution is 2.27. The minimum absolute atomic E-state index is 0.0405. The van der Waals surface area contributed by atoms with E-state index in [2.05, 4.69) is 10.4 Å². The van der Waals surface area contributed by atoms with Crippen LogP contribution < -0.4 is 15.6 Å². The number of carbonyl (C=O) groups is 1. The molecule has 0 aliphatic rings. The van der Waals surface area contributed by atoms with Crippen LogP contribution in [-0.2, 0) is 11.3 Å². The molecule has 1 heterocycles. The monoisotopic (exact) mass is 467 g/mol. The molecule has 1 amide bonds. The summed E-state index contributed by atoms with van der Waals surface area (Å²) in [4.78, 5) is 25.2. The molecule has 0 unspecified atom stereocenters. The number of hydrogen-bond donors (Lipinski definition) is 1. The molecule has 4 rings (SSSR count). The van der Waals surface area contributed by atoms with Crippen molar-refractivity contribution in [3.05, 3.63) is 119 Å². The Morgan fingerprint density at radius 2 is 1.51 bits per heavy atom. The first kappa shape index (κ1) is 24.0. The van der Waals surface area contributed by atoms with Crippen LogP contribution in [0.2, 0.25) is 0 Å². The standard InChI is InChI=1S/C29H29N3O3/c1-2-35-25-15-13-24(14-16-25)27-17-18-29(34)32(31-27)20-19-30-28(33)21-26(22-9-5-3-6-10-22)23-11-7-4-8-12-23/h3-18,26H,2,19-21H2,1H3,(H,30,33). The highest BCUT2D eigenvalue weighted by molar-refractivity contribution is 5.77. The molecule has 4 aromatic rings. The van der Waals surface area contributed by atoms with E-state index in [1.165, 1.54) is 10.7 Å². The van der Waals surface area contributed by atoms with Gasteiger partial charge in [-0.2, -0.15) is 5.10 Å². The maximum absolute atomic E-state index is 12.8. The van der Waals surface area contributed by atoms with Gasteiger partial charge >= 0.3 is 0 Å². The van der Waals surface area contributed by atoms with Crippen LogP contribution in [0, 0.1) is 0 Å². The summed E-state index contributed by atoms with van der Waals surface area (Å²) < 4.78 is 6.87. The molecule has 178 valence electrons. The molecule has 1 N–H and O–H groups in total. The fourth-order valence-electron chi connectivity index (χ4n) is 4.01. The lowest BCUT2D eigenvalue weighted by atomic mass is 9.88. The molecule has 0 saturated heterocycles. The number of benzene rings is 3. The lowest BCUT2D eigenvalue weighted by molar-refractivity contribution is -0.121. The number of nitrogens with zero attached hydrogens (tertiary/aromatic N) is 2. The summed E-state index contributed by atoms with van der Waals surface area (Å²) in [6, 6.07) is 30.8. The molecule has 0 bridgehead atoms. The fourth-order valence-corrected chi connectivity index (χ4v) is 4.01. The molecule has 0 atom stereocenters. The van der Waals surface area contributed by atoms with E-state index in [9.17, 15) is 9.59 Å². The Labute approximate surface area is 205 Å². The summed E-state index contributed by atoms with van der Waals surface area (Å²) in [7, 11) is 0. The van der Waals surface area contributed by atoms with Crippen LogP contribution in [0.5, 0.6) is 5.75 Å². The van der Waals surface area contributed by atoms with Crippen LogP contribution in [0.1, 0.15) is 30.4 Å². The third-order valence-corrected chi connectivity index (χ3v) is 5.77. The smallest absolute Gasteiger partial charge is 0.266 e. The second-order valence-corrected chi connectivity index (χ2v) is 8.17. The van der Waals surface area contributed by atoms with Crippen molar-refractivity contribution in [2.45, 2.75) is 25.8 Å². The van der Waals surface area contributed by atoms with Gasteiger partial charge in [-0.05, 0) is 48.4 Å². The van der Waals surface area contributed by atoms with Crippen LogP contribution in [0.4, 0.5) is 0 Å². The maximum Gasteiger partial charge on any atom is 0.266 e. The van der Waals surface area contributed by atoms with Crippen molar-refractivity contribution in [1.82, 2.24) is 15.1 Å². The molecule has 3 aromatic carbocycles. The molecular weight excluding hydrogens is 438 g/mol. The van der Waals surface area contributed by atoms with E-state index >= 15 is 0 Å². The molecule has 0 radical (unpaired) electrons. The van der Waals surface area contributed by atoms with Gasteiger partial charge in [-0.25, -0.2) is 4.68 Å². The SMILES string of the molecule is CCOc1ccc(-c2ccc(=O)n(CCNC(=O)CC(c3ccccc3)c3ccccc3)n2)cc1. The molecule has 0 saturated carbocycles. The third kappa shape index (κ3) is 6.44. The second-order valence-electron chi connectivity index (χ2n) is 8.17. The van der Waals surface area contributed by atoms with Crippen molar-refractivity contribution in [2.24, 2.45) is 0 Å². The number of carbonyl (C=O) groups excluding carboxylic acids is 1. The van der Waals surface area contributed by atoms with E-state index in [1.54, 1.807) is 6.07 Å². The van der Waals surface area contributed by atoms with Gasteiger partial charge in [0.25, 0.3) is 5.56 Å². The van der Waals surface area contributed by atoms with Crippen LogP contribution in [0.3, 0.4) is 0 Å². The second kappa shape index (κ2) is 11.8. The van der Waals surface area contributed by atoms with Gasteiger partial charge in [-0.15, -0.1) is 0 Å². The first-order valence-corrected chi connectivity index (χ1v) is 11.8. The lowest BCUT2D eigenvalue weighted by Gasteiger charge is -2.18. The zero-order valence-electron chi connectivity index (χ0n) is 19.8. The molecule has 35 heavy (non-hydrogen) atoms. The van der Waals surface area contributed by atoms with Gasteiger partial charge in [-0.1, -0.05) is 60.7 Å². The van der Waals surface area contributed by atoms with E-state index in [0.717, 1.165) is 22.4 Å². The zero-order valence-corrected chi connectivity index (χ0v) is 19.8. The first-order valence-electron chi connectivity index (χ1n) is 11.8. The van der Waals surface area contributed by atoms with E-state index in [-0.39, 0.29) is 23.9 Å². The van der Waals surface area contributed by atoms with Gasteiger partial charge in [0.05, 0.1) is 18.8 Å². The summed E-state index contributed by atoms with van der Waals surface area (Å²) in [5.41, 5.74) is 3.55. The average Bonchev–Trinajstić information content (AvgIpc) is 2.90. The quantitative estimate of drug-likeness (QED) is 0.369. The molecule has 0 aliphatic heterocycles. The van der Waals surface area contributed by atoms with Crippen molar-refractivity contribution < 1.29 is 9.53 Å². The van der Waals surface area contributed by atoms with Gasteiger partial charge in [0.15, 0.2) is 0 Å². The summed E-state index contributed by atoms with van der Waals surface area (Å²) >= 11 is 0. The normalized spacial score (nSPS) is 10.8. The highest BCUT2D eigenvalue weighted by atomic mass is 16.5. The van der Waals surface area contributed by atoms with Crippen molar-refractivity contribution in [3.8, 4) is 17.0 Å². The predicted octanol–water partition coefficient (Wildman–Crippen LogP) is 4.65. The number of hydrogen-bond acceptors (Lipinski definition) is 4. The molecule has 6 nitrogen and oxygen atoms in total. The van der Waals surface area contributed by atoms with Gasteiger partial charge in [-0.3, -0.25) is 9.59 Å². The average molecular weight is 468 g/mol. The Kier molecular flexibility index (Phi) is 8.07. The number of aromatic nitrogens is 2. The Morgan fingerprint density at radius 1 is 0.886 bits per heavy atom. The first-order chi connectivity index (χ1) is 17.1. The van der Waals surface area contributed by atoms with Crippen LogP contribution in [-0.4, -0.2) is 28.8 Å². The van der Waals surface area contributed by atoms with E-state index in [0.29, 0.717) is 25.3 Å². The van der Waals surface area contributed by atoms with E-state index in [1.807, 2.05) is 91.9 Å². The van der Waals surface area contributed by atoms with Crippen molar-refractivity contribution in [3.63, 3.8) is 0 Å². The van der Waals surface area contributed by atoms with Gasteiger partial charge in [0.1, 0.15) is 5.75 Å². The maximum atomic E-state index is 12.8. The van der Waals surface area contributed by atoms with E-state index in [4.69, 9.17) is 4.74 Å². The molecule has 6 heteroatoms. The Bertz CT molecular complexity index is 1250. The third-order valence-electron chi connectivity index (χ3n) is 5.77. The number of nitrogens with one attached hydrogen (secondary N) is 1. The summed E-state index contributed by atoms with van der Waals surface area (Å²) in [6.45, 7) is 3.14.